The number of nitrogens with zero attached hydrogens (tertiary/aromatic N) is 4. The third-order valence-corrected chi connectivity index (χ3v) is 9.64. The van der Waals surface area contributed by atoms with Crippen molar-refractivity contribution in [2.45, 2.75) is 19.3 Å². The maximum atomic E-state index is 12.1. The fraction of sp³-hybridized carbons (Fsp3) is 0.0682. The van der Waals surface area contributed by atoms with Gasteiger partial charge in [0.25, 0.3) is 0 Å². The van der Waals surface area contributed by atoms with Crippen LogP contribution in [0.25, 0.3) is 45.0 Å². The number of pyridine rings is 3. The first-order valence-electron chi connectivity index (χ1n) is 16.8. The molecule has 0 saturated carbocycles. The van der Waals surface area contributed by atoms with Gasteiger partial charge in [-0.05, 0) is 112 Å². The molecule has 0 bridgehead atoms. The van der Waals surface area contributed by atoms with Crippen molar-refractivity contribution >= 4 is 29.0 Å². The number of benzene rings is 4. The summed E-state index contributed by atoms with van der Waals surface area (Å²) < 4.78 is 0. The third kappa shape index (κ3) is 5.76. The number of para-hydroxylation sites is 2. The monoisotopic (exact) mass is 680 g/mol. The number of carboxylic acids is 2. The van der Waals surface area contributed by atoms with Crippen molar-refractivity contribution in [1.82, 2.24) is 15.0 Å². The van der Waals surface area contributed by atoms with Gasteiger partial charge < -0.3 is 15.1 Å². The highest BCUT2D eigenvalue weighted by Crippen LogP contribution is 2.51. The molecule has 8 rings (SSSR count). The van der Waals surface area contributed by atoms with E-state index in [4.69, 9.17) is 0 Å². The highest BCUT2D eigenvalue weighted by atomic mass is 16.4. The average molecular weight is 681 g/mol. The van der Waals surface area contributed by atoms with E-state index in [0.29, 0.717) is 11.4 Å². The predicted molar refractivity (Wildman–Crippen MR) is 202 cm³/mol. The van der Waals surface area contributed by atoms with Gasteiger partial charge >= 0.3 is 11.9 Å². The van der Waals surface area contributed by atoms with Gasteiger partial charge in [0.15, 0.2) is 0 Å². The van der Waals surface area contributed by atoms with Gasteiger partial charge in [0.1, 0.15) is 0 Å². The molecule has 252 valence electrons. The number of hydrogen-bond donors (Lipinski definition) is 2. The van der Waals surface area contributed by atoms with E-state index in [9.17, 15) is 19.8 Å². The fourth-order valence-corrected chi connectivity index (χ4v) is 7.02. The molecule has 0 amide bonds. The molecular formula is C44H32N4O4. The second-order valence-electron chi connectivity index (χ2n) is 13.2. The highest BCUT2D eigenvalue weighted by molar-refractivity contribution is 5.92. The second-order valence-corrected chi connectivity index (χ2v) is 13.2. The molecule has 2 N–H and O–H groups in total. The van der Waals surface area contributed by atoms with Crippen LogP contribution in [0.1, 0.15) is 45.7 Å². The fourth-order valence-electron chi connectivity index (χ4n) is 7.02. The van der Waals surface area contributed by atoms with E-state index in [0.717, 1.165) is 28.2 Å². The second kappa shape index (κ2) is 12.8. The van der Waals surface area contributed by atoms with Gasteiger partial charge in [-0.1, -0.05) is 68.4 Å². The summed E-state index contributed by atoms with van der Waals surface area (Å²) >= 11 is 0. The number of carbonyl (C=O) groups is 2. The van der Waals surface area contributed by atoms with Crippen molar-refractivity contribution in [3.05, 3.63) is 168 Å². The van der Waals surface area contributed by atoms with E-state index >= 15 is 0 Å². The minimum absolute atomic E-state index is 0.00996. The first-order valence-corrected chi connectivity index (χ1v) is 16.8. The molecule has 0 radical (unpaired) electrons. The van der Waals surface area contributed by atoms with E-state index in [2.05, 4.69) is 119 Å². The van der Waals surface area contributed by atoms with Crippen LogP contribution in [0.3, 0.4) is 0 Å². The van der Waals surface area contributed by atoms with Crippen LogP contribution in [-0.2, 0) is 5.41 Å². The maximum Gasteiger partial charge on any atom is 0.335 e. The summed E-state index contributed by atoms with van der Waals surface area (Å²) in [6.45, 7) is 4.52. The zero-order valence-electron chi connectivity index (χ0n) is 28.4. The number of aromatic nitrogens is 3. The van der Waals surface area contributed by atoms with Gasteiger partial charge in [-0.2, -0.15) is 0 Å². The maximum absolute atomic E-state index is 12.1. The Morgan fingerprint density at radius 1 is 0.519 bits per heavy atom. The first kappa shape index (κ1) is 32.3. The summed E-state index contributed by atoms with van der Waals surface area (Å²) in [5.41, 5.74) is 11.0. The number of aromatic carboxylic acids is 2. The predicted octanol–water partition coefficient (Wildman–Crippen LogP) is 10.0. The van der Waals surface area contributed by atoms with Gasteiger partial charge in [-0.25, -0.2) is 14.6 Å². The molecule has 1 aliphatic rings. The van der Waals surface area contributed by atoms with E-state index in [1.165, 1.54) is 52.7 Å². The number of hydrogen-bond acceptors (Lipinski definition) is 6. The van der Waals surface area contributed by atoms with Crippen molar-refractivity contribution < 1.29 is 19.8 Å². The van der Waals surface area contributed by atoms with Crippen LogP contribution >= 0.6 is 0 Å². The van der Waals surface area contributed by atoms with Crippen LogP contribution in [0.4, 0.5) is 17.1 Å². The first-order chi connectivity index (χ1) is 25.2. The molecule has 7 aromatic rings. The summed E-state index contributed by atoms with van der Waals surface area (Å²) in [6, 6.07) is 43.4. The number of anilines is 3. The lowest BCUT2D eigenvalue weighted by Gasteiger charge is -2.28. The molecule has 52 heavy (non-hydrogen) atoms. The molecule has 0 fully saturated rings. The highest BCUT2D eigenvalue weighted by Gasteiger charge is 2.36. The average Bonchev–Trinajstić information content (AvgIpc) is 3.40. The third-order valence-electron chi connectivity index (χ3n) is 9.64. The normalized spacial score (nSPS) is 12.5. The number of carboxylic acid groups (broad SMARTS) is 2. The molecule has 4 aromatic carbocycles. The van der Waals surface area contributed by atoms with Crippen LogP contribution in [0.2, 0.25) is 0 Å². The van der Waals surface area contributed by atoms with Crippen LogP contribution in [0.5, 0.6) is 0 Å². The summed E-state index contributed by atoms with van der Waals surface area (Å²) in [7, 11) is 0. The molecule has 8 heteroatoms. The standard InChI is InChI=1S/C44H32N4O4/c1-44(2)36-21-27(13-15-34(36)35-16-14-33(26-37(35)44)48(31-9-5-3-6-10-31)32-11-7-4-8-12-32)28-17-19-45-38(22-28)40-24-30(43(51)52)25-41(47-40)39-23-29(42(49)50)18-20-46-39/h3-26H,1-2H3,(H,49,50)(H,51,52). The Balaban J connectivity index is 1.17. The molecular weight excluding hydrogens is 649 g/mol. The SMILES string of the molecule is CC1(C)c2cc(-c3ccnc(-c4cc(C(=O)O)cc(-c5cc(C(=O)O)ccn5)n4)c3)ccc2-c2ccc(N(c3ccccc3)c3ccccc3)cc21. The molecule has 8 nitrogen and oxygen atoms in total. The van der Waals surface area contributed by atoms with Crippen LogP contribution in [0.15, 0.2) is 146 Å². The van der Waals surface area contributed by atoms with E-state index in [1.807, 2.05) is 24.3 Å². The van der Waals surface area contributed by atoms with E-state index in [-0.39, 0.29) is 27.9 Å². The van der Waals surface area contributed by atoms with Gasteiger partial charge in [0.05, 0.1) is 33.9 Å². The molecule has 0 spiro atoms. The number of rotatable bonds is 8. The molecule has 0 atom stereocenters. The van der Waals surface area contributed by atoms with Crippen LogP contribution in [-0.4, -0.2) is 37.1 Å². The zero-order valence-corrected chi connectivity index (χ0v) is 28.4. The Kier molecular flexibility index (Phi) is 7.92. The molecule has 1 aliphatic carbocycles. The molecule has 0 aliphatic heterocycles. The van der Waals surface area contributed by atoms with Crippen molar-refractivity contribution in [2.75, 3.05) is 4.90 Å². The van der Waals surface area contributed by atoms with Crippen LogP contribution in [0, 0.1) is 0 Å². The Morgan fingerprint density at radius 2 is 1.04 bits per heavy atom. The van der Waals surface area contributed by atoms with Crippen molar-refractivity contribution in [3.63, 3.8) is 0 Å². The summed E-state index contributed by atoms with van der Waals surface area (Å²) in [4.78, 5) is 39.5. The van der Waals surface area contributed by atoms with Gasteiger partial charge in [-0.3, -0.25) is 9.97 Å². The Hall–Kier alpha value is -6.93. The molecule has 0 saturated heterocycles. The number of fused-ring (bicyclic) bond motifs is 3. The molecule has 3 aromatic heterocycles. The zero-order chi connectivity index (χ0) is 36.0. The van der Waals surface area contributed by atoms with Crippen LogP contribution < -0.4 is 4.90 Å². The minimum atomic E-state index is -1.14. The lowest BCUT2D eigenvalue weighted by molar-refractivity contribution is 0.0686. The summed E-state index contributed by atoms with van der Waals surface area (Å²) in [5, 5.41) is 19.4. The van der Waals surface area contributed by atoms with E-state index in [1.54, 1.807) is 6.20 Å². The molecule has 3 heterocycles. The largest absolute Gasteiger partial charge is 0.478 e. The summed E-state index contributed by atoms with van der Waals surface area (Å²) in [5.74, 6) is -2.26. The van der Waals surface area contributed by atoms with Crippen molar-refractivity contribution in [2.24, 2.45) is 0 Å². The lowest BCUT2D eigenvalue weighted by Crippen LogP contribution is -2.16. The van der Waals surface area contributed by atoms with Crippen molar-refractivity contribution in [1.29, 1.82) is 0 Å². The Labute approximate surface area is 300 Å². The van der Waals surface area contributed by atoms with Gasteiger partial charge in [0.2, 0.25) is 0 Å². The van der Waals surface area contributed by atoms with Crippen molar-refractivity contribution in [3.8, 4) is 45.0 Å². The lowest BCUT2D eigenvalue weighted by atomic mass is 9.81. The summed E-state index contributed by atoms with van der Waals surface area (Å²) in [6.07, 6.45) is 3.05. The van der Waals surface area contributed by atoms with Gasteiger partial charge in [-0.15, -0.1) is 0 Å². The molecule has 0 unspecified atom stereocenters. The Morgan fingerprint density at radius 3 is 1.65 bits per heavy atom. The van der Waals surface area contributed by atoms with E-state index < -0.39 is 11.9 Å². The Bertz CT molecular complexity index is 2480. The smallest absolute Gasteiger partial charge is 0.335 e. The minimum Gasteiger partial charge on any atom is -0.478 e. The quantitative estimate of drug-likeness (QED) is 0.163. The van der Waals surface area contributed by atoms with Gasteiger partial charge in [0, 0.05) is 34.9 Å². The topological polar surface area (TPSA) is 117 Å².